The van der Waals surface area contributed by atoms with Gasteiger partial charge in [-0.3, -0.25) is 4.79 Å². The van der Waals surface area contributed by atoms with Gasteiger partial charge in [-0.15, -0.1) is 0 Å². The number of benzene rings is 1. The lowest BCUT2D eigenvalue weighted by Gasteiger charge is -2.19. The van der Waals surface area contributed by atoms with Crippen molar-refractivity contribution < 1.29 is 9.59 Å². The third-order valence-electron chi connectivity index (χ3n) is 2.79. The Balaban J connectivity index is 2.66. The first kappa shape index (κ1) is 15.0. The molecular weight excluding hydrogens is 242 g/mol. The normalized spacial score (nSPS) is 9.84. The van der Waals surface area contributed by atoms with Gasteiger partial charge in [0, 0.05) is 30.9 Å². The van der Waals surface area contributed by atoms with Gasteiger partial charge in [-0.25, -0.2) is 4.79 Å². The molecule has 0 spiro atoms. The van der Waals surface area contributed by atoms with E-state index in [2.05, 4.69) is 10.6 Å². The molecule has 0 atom stereocenters. The molecule has 0 aliphatic rings. The highest BCUT2D eigenvalue weighted by atomic mass is 16.2. The molecule has 0 saturated heterocycles. The van der Waals surface area contributed by atoms with E-state index in [1.165, 1.54) is 0 Å². The molecule has 19 heavy (non-hydrogen) atoms. The lowest BCUT2D eigenvalue weighted by molar-refractivity contribution is 0.0956. The molecule has 0 radical (unpaired) electrons. The molecule has 0 aliphatic carbocycles. The molecule has 104 valence electrons. The summed E-state index contributed by atoms with van der Waals surface area (Å²) in [7, 11) is 0. The first-order chi connectivity index (χ1) is 9.12. The van der Waals surface area contributed by atoms with Crippen molar-refractivity contribution in [3.63, 3.8) is 0 Å². The second-order valence-electron chi connectivity index (χ2n) is 4.04. The second kappa shape index (κ2) is 7.41. The number of carbonyl (C=O) groups is 2. The number of anilines is 1. The van der Waals surface area contributed by atoms with Crippen molar-refractivity contribution in [3.8, 4) is 0 Å². The van der Waals surface area contributed by atoms with Crippen LogP contribution < -0.4 is 10.6 Å². The number of nitrogens with zero attached hydrogens (tertiary/aromatic N) is 1. The average Bonchev–Trinajstić information content (AvgIpc) is 2.41. The van der Waals surface area contributed by atoms with Crippen LogP contribution in [0.4, 0.5) is 10.5 Å². The van der Waals surface area contributed by atoms with Crippen molar-refractivity contribution in [2.75, 3.05) is 25.0 Å². The third-order valence-corrected chi connectivity index (χ3v) is 2.79. The van der Waals surface area contributed by atoms with Gasteiger partial charge in [0.05, 0.1) is 0 Å². The van der Waals surface area contributed by atoms with Gasteiger partial charge in [0.25, 0.3) is 5.91 Å². The molecule has 0 saturated carbocycles. The molecule has 0 heterocycles. The summed E-state index contributed by atoms with van der Waals surface area (Å²) in [5, 5.41) is 5.52. The average molecular weight is 263 g/mol. The van der Waals surface area contributed by atoms with E-state index in [-0.39, 0.29) is 11.9 Å². The third kappa shape index (κ3) is 4.28. The van der Waals surface area contributed by atoms with Crippen LogP contribution in [-0.4, -0.2) is 36.5 Å². The van der Waals surface area contributed by atoms with Crippen LogP contribution in [0.25, 0.3) is 0 Å². The zero-order valence-electron chi connectivity index (χ0n) is 11.7. The van der Waals surface area contributed by atoms with E-state index in [0.717, 1.165) is 0 Å². The quantitative estimate of drug-likeness (QED) is 0.856. The maximum Gasteiger partial charge on any atom is 0.321 e. The molecule has 0 unspecified atom stereocenters. The van der Waals surface area contributed by atoms with Crippen LogP contribution in [0.5, 0.6) is 0 Å². The molecule has 0 bridgehead atoms. The summed E-state index contributed by atoms with van der Waals surface area (Å²) in [5.41, 5.74) is 1.27. The molecule has 3 amide bonds. The second-order valence-corrected chi connectivity index (χ2v) is 4.04. The Morgan fingerprint density at radius 2 is 1.63 bits per heavy atom. The zero-order valence-corrected chi connectivity index (χ0v) is 11.7. The zero-order chi connectivity index (χ0) is 14.3. The highest BCUT2D eigenvalue weighted by molar-refractivity contribution is 5.95. The largest absolute Gasteiger partial charge is 0.352 e. The lowest BCUT2D eigenvalue weighted by atomic mass is 10.2. The molecule has 5 nitrogen and oxygen atoms in total. The van der Waals surface area contributed by atoms with E-state index in [0.29, 0.717) is 30.9 Å². The Morgan fingerprint density at radius 1 is 1.05 bits per heavy atom. The van der Waals surface area contributed by atoms with E-state index in [4.69, 9.17) is 0 Å². The van der Waals surface area contributed by atoms with Crippen molar-refractivity contribution in [2.24, 2.45) is 0 Å². The lowest BCUT2D eigenvalue weighted by Crippen LogP contribution is -2.34. The number of nitrogens with one attached hydrogen (secondary N) is 2. The highest BCUT2D eigenvalue weighted by Crippen LogP contribution is 2.10. The number of urea groups is 1. The summed E-state index contributed by atoms with van der Waals surface area (Å²) < 4.78 is 0. The summed E-state index contributed by atoms with van der Waals surface area (Å²) in [5.74, 6) is -0.107. The molecule has 1 aromatic rings. The maximum atomic E-state index is 11.8. The fourth-order valence-corrected chi connectivity index (χ4v) is 1.68. The van der Waals surface area contributed by atoms with Gasteiger partial charge in [0.2, 0.25) is 0 Å². The van der Waals surface area contributed by atoms with Gasteiger partial charge in [-0.2, -0.15) is 0 Å². The minimum absolute atomic E-state index is 0.107. The van der Waals surface area contributed by atoms with Crippen molar-refractivity contribution in [1.29, 1.82) is 0 Å². The van der Waals surface area contributed by atoms with Crippen molar-refractivity contribution in [3.05, 3.63) is 29.8 Å². The van der Waals surface area contributed by atoms with E-state index in [1.54, 1.807) is 29.2 Å². The van der Waals surface area contributed by atoms with E-state index >= 15 is 0 Å². The minimum Gasteiger partial charge on any atom is -0.352 e. The molecule has 0 aliphatic heterocycles. The van der Waals surface area contributed by atoms with Crippen LogP contribution in [0.2, 0.25) is 0 Å². The van der Waals surface area contributed by atoms with Gasteiger partial charge in [0.1, 0.15) is 0 Å². The van der Waals surface area contributed by atoms with Crippen LogP contribution in [0.15, 0.2) is 24.3 Å². The van der Waals surface area contributed by atoms with Crippen LogP contribution in [0, 0.1) is 0 Å². The Bertz CT molecular complexity index is 425. The molecule has 5 heteroatoms. The standard InChI is InChI=1S/C14H21N3O2/c1-4-15-13(18)11-7-9-12(10-8-11)16-14(19)17(5-2)6-3/h7-10H,4-6H2,1-3H3,(H,15,18)(H,16,19). The Morgan fingerprint density at radius 3 is 2.11 bits per heavy atom. The van der Waals surface area contributed by atoms with E-state index in [1.807, 2.05) is 20.8 Å². The SMILES string of the molecule is CCNC(=O)c1ccc(NC(=O)N(CC)CC)cc1. The van der Waals surface area contributed by atoms with Gasteiger partial charge in [-0.1, -0.05) is 0 Å². The fourth-order valence-electron chi connectivity index (χ4n) is 1.68. The maximum absolute atomic E-state index is 11.8. The molecule has 1 aromatic carbocycles. The number of amides is 3. The Labute approximate surface area is 114 Å². The summed E-state index contributed by atoms with van der Waals surface area (Å²) in [6.45, 7) is 7.66. The smallest absolute Gasteiger partial charge is 0.321 e. The Kier molecular flexibility index (Phi) is 5.85. The number of carbonyl (C=O) groups excluding carboxylic acids is 2. The number of hydrogen-bond donors (Lipinski definition) is 2. The van der Waals surface area contributed by atoms with Crippen molar-refractivity contribution in [1.82, 2.24) is 10.2 Å². The van der Waals surface area contributed by atoms with Gasteiger partial charge >= 0.3 is 6.03 Å². The Hall–Kier alpha value is -2.04. The van der Waals surface area contributed by atoms with Gasteiger partial charge < -0.3 is 15.5 Å². The summed E-state index contributed by atoms with van der Waals surface area (Å²) in [6, 6.07) is 6.72. The molecule has 0 fully saturated rings. The predicted molar refractivity (Wildman–Crippen MR) is 76.4 cm³/mol. The molecule has 2 N–H and O–H groups in total. The van der Waals surface area contributed by atoms with Crippen LogP contribution in [0.3, 0.4) is 0 Å². The number of rotatable bonds is 5. The summed E-state index contributed by atoms with van der Waals surface area (Å²) >= 11 is 0. The van der Waals surface area contributed by atoms with Crippen LogP contribution >= 0.6 is 0 Å². The number of hydrogen-bond acceptors (Lipinski definition) is 2. The summed E-state index contributed by atoms with van der Waals surface area (Å²) in [6.07, 6.45) is 0. The van der Waals surface area contributed by atoms with E-state index in [9.17, 15) is 9.59 Å². The summed E-state index contributed by atoms with van der Waals surface area (Å²) in [4.78, 5) is 25.1. The predicted octanol–water partition coefficient (Wildman–Crippen LogP) is 2.31. The monoisotopic (exact) mass is 263 g/mol. The minimum atomic E-state index is -0.129. The van der Waals surface area contributed by atoms with Crippen molar-refractivity contribution in [2.45, 2.75) is 20.8 Å². The fraction of sp³-hybridized carbons (Fsp3) is 0.429. The molecule has 0 aromatic heterocycles. The topological polar surface area (TPSA) is 61.4 Å². The first-order valence-corrected chi connectivity index (χ1v) is 6.56. The van der Waals surface area contributed by atoms with E-state index < -0.39 is 0 Å². The first-order valence-electron chi connectivity index (χ1n) is 6.56. The van der Waals surface area contributed by atoms with Crippen molar-refractivity contribution >= 4 is 17.6 Å². The molecular formula is C14H21N3O2. The van der Waals surface area contributed by atoms with Crippen LogP contribution in [-0.2, 0) is 0 Å². The van der Waals surface area contributed by atoms with Crippen LogP contribution in [0.1, 0.15) is 31.1 Å². The van der Waals surface area contributed by atoms with Gasteiger partial charge in [0.15, 0.2) is 0 Å². The van der Waals surface area contributed by atoms with Gasteiger partial charge in [-0.05, 0) is 45.0 Å². The highest BCUT2D eigenvalue weighted by Gasteiger charge is 2.09. The molecule has 1 rings (SSSR count).